The van der Waals surface area contributed by atoms with E-state index >= 15 is 0 Å². The highest BCUT2D eigenvalue weighted by atomic mass is 35.5. The van der Waals surface area contributed by atoms with Gasteiger partial charge in [-0.3, -0.25) is 4.90 Å². The molecule has 0 unspecified atom stereocenters. The summed E-state index contributed by atoms with van der Waals surface area (Å²) in [6.07, 6.45) is -0.502. The van der Waals surface area contributed by atoms with E-state index < -0.39 is 49.1 Å². The van der Waals surface area contributed by atoms with Crippen molar-refractivity contribution in [2.75, 3.05) is 18.0 Å². The van der Waals surface area contributed by atoms with Crippen LogP contribution in [0.4, 0.5) is 28.0 Å². The van der Waals surface area contributed by atoms with Gasteiger partial charge in [0.15, 0.2) is 0 Å². The minimum atomic E-state index is -3.03. The maximum Gasteiger partial charge on any atom is 0.335 e. The lowest BCUT2D eigenvalue weighted by Gasteiger charge is -2.28. The molecule has 1 fully saturated rings. The van der Waals surface area contributed by atoms with Gasteiger partial charge in [0.2, 0.25) is 0 Å². The summed E-state index contributed by atoms with van der Waals surface area (Å²) in [7, 11) is 0. The predicted molar refractivity (Wildman–Crippen MR) is 97.5 cm³/mol. The number of hydrogen-bond donors (Lipinski definition) is 1. The molecule has 1 aliphatic rings. The molecule has 0 spiro atoms. The van der Waals surface area contributed by atoms with E-state index in [4.69, 9.17) is 16.7 Å². The molecule has 2 amide bonds. The smallest absolute Gasteiger partial charge is 0.335 e. The van der Waals surface area contributed by atoms with Crippen LogP contribution in [0.25, 0.3) is 0 Å². The van der Waals surface area contributed by atoms with Crippen LogP contribution in [0.2, 0.25) is 5.02 Å². The number of nitrogens with zero attached hydrogens (tertiary/aromatic N) is 2. The van der Waals surface area contributed by atoms with Gasteiger partial charge in [0.05, 0.1) is 23.7 Å². The summed E-state index contributed by atoms with van der Waals surface area (Å²) in [5.41, 5.74) is -0.249. The molecule has 1 N–H and O–H groups in total. The summed E-state index contributed by atoms with van der Waals surface area (Å²) in [4.78, 5) is 25.8. The number of alkyl halides is 2. The fourth-order valence-corrected chi connectivity index (χ4v) is 3.15. The van der Waals surface area contributed by atoms with Gasteiger partial charge in [-0.1, -0.05) is 17.7 Å². The molecule has 0 aliphatic carbocycles. The van der Waals surface area contributed by atoms with Crippen LogP contribution in [0.3, 0.4) is 0 Å². The van der Waals surface area contributed by atoms with Crippen molar-refractivity contribution < 1.29 is 32.3 Å². The monoisotopic (exact) mass is 430 g/mol. The first kappa shape index (κ1) is 20.9. The zero-order chi connectivity index (χ0) is 21.3. The predicted octanol–water partition coefficient (Wildman–Crippen LogP) is 4.78. The van der Waals surface area contributed by atoms with E-state index in [0.717, 1.165) is 34.1 Å². The van der Waals surface area contributed by atoms with Crippen LogP contribution in [0.5, 0.6) is 0 Å². The molecule has 3 rings (SSSR count). The lowest BCUT2D eigenvalue weighted by molar-refractivity contribution is 0.0156. The zero-order valence-electron chi connectivity index (χ0n) is 14.8. The van der Waals surface area contributed by atoms with Gasteiger partial charge >= 0.3 is 12.0 Å². The Bertz CT molecular complexity index is 970. The molecule has 1 saturated heterocycles. The molecule has 2 aromatic rings. The second-order valence-corrected chi connectivity index (χ2v) is 7.01. The van der Waals surface area contributed by atoms with E-state index in [1.807, 2.05) is 0 Å². The molecule has 29 heavy (non-hydrogen) atoms. The summed E-state index contributed by atoms with van der Waals surface area (Å²) >= 11 is 5.77. The van der Waals surface area contributed by atoms with Crippen molar-refractivity contribution in [2.24, 2.45) is 0 Å². The number of aromatic carboxylic acids is 1. The number of carbonyl (C=O) groups is 2. The molecule has 10 heteroatoms. The highest BCUT2D eigenvalue weighted by Gasteiger charge is 2.41. The summed E-state index contributed by atoms with van der Waals surface area (Å²) < 4.78 is 55.0. The Morgan fingerprint density at radius 2 is 1.86 bits per heavy atom. The Hall–Kier alpha value is -2.81. The van der Waals surface area contributed by atoms with Crippen LogP contribution in [-0.2, 0) is 6.54 Å². The van der Waals surface area contributed by atoms with Crippen molar-refractivity contribution >= 4 is 29.3 Å². The topological polar surface area (TPSA) is 60.9 Å². The van der Waals surface area contributed by atoms with E-state index in [9.17, 15) is 27.2 Å². The zero-order valence-corrected chi connectivity index (χ0v) is 15.6. The van der Waals surface area contributed by atoms with Gasteiger partial charge in [-0.25, -0.2) is 27.2 Å². The lowest BCUT2D eigenvalue weighted by atomic mass is 10.1. The first-order valence-electron chi connectivity index (χ1n) is 8.48. The first-order chi connectivity index (χ1) is 13.6. The molecular weight excluding hydrogens is 416 g/mol. The quantitative estimate of drug-likeness (QED) is 0.710. The maximum atomic E-state index is 14.4. The maximum absolute atomic E-state index is 14.4. The minimum absolute atomic E-state index is 0.0465. The van der Waals surface area contributed by atoms with Gasteiger partial charge in [0.1, 0.15) is 11.6 Å². The average molecular weight is 431 g/mol. The van der Waals surface area contributed by atoms with Gasteiger partial charge in [-0.15, -0.1) is 0 Å². The van der Waals surface area contributed by atoms with Crippen LogP contribution < -0.4 is 4.90 Å². The van der Waals surface area contributed by atoms with Crippen LogP contribution in [-0.4, -0.2) is 41.0 Å². The standard InChI is InChI=1S/C19H15ClF4N2O3/c20-14-8-13(3-4-15(14)21)26(18(29)25-6-5-19(23,24)10-25)9-12-2-1-11(17(27)28)7-16(12)22/h1-4,7-8H,5-6,9-10H2,(H,27,28). The number of anilines is 1. The van der Waals surface area contributed by atoms with Crippen LogP contribution in [0, 0.1) is 11.6 Å². The summed E-state index contributed by atoms with van der Waals surface area (Å²) in [6, 6.07) is 5.66. The fourth-order valence-electron chi connectivity index (χ4n) is 2.97. The highest BCUT2D eigenvalue weighted by Crippen LogP contribution is 2.31. The largest absolute Gasteiger partial charge is 0.478 e. The van der Waals surface area contributed by atoms with Crippen LogP contribution in [0.1, 0.15) is 22.3 Å². The lowest BCUT2D eigenvalue weighted by Crippen LogP contribution is -2.43. The molecule has 1 heterocycles. The number of rotatable bonds is 4. The Kier molecular flexibility index (Phi) is 5.70. The SMILES string of the molecule is O=C(O)c1ccc(CN(C(=O)N2CCC(F)(F)C2)c2ccc(F)c(Cl)c2)c(F)c1. The molecule has 0 aromatic heterocycles. The van der Waals surface area contributed by atoms with Crippen molar-refractivity contribution in [3.05, 3.63) is 64.2 Å². The molecule has 1 aliphatic heterocycles. The number of carboxylic acid groups (broad SMARTS) is 1. The number of carboxylic acids is 1. The van der Waals surface area contributed by atoms with Gasteiger partial charge < -0.3 is 10.0 Å². The highest BCUT2D eigenvalue weighted by molar-refractivity contribution is 6.31. The number of urea groups is 1. The molecule has 5 nitrogen and oxygen atoms in total. The van der Waals surface area contributed by atoms with Crippen molar-refractivity contribution in [2.45, 2.75) is 18.9 Å². The van der Waals surface area contributed by atoms with E-state index in [1.54, 1.807) is 0 Å². The second-order valence-electron chi connectivity index (χ2n) is 6.61. The number of amides is 2. The number of carbonyl (C=O) groups excluding carboxylic acids is 1. The molecule has 0 saturated carbocycles. The van der Waals surface area contributed by atoms with E-state index in [-0.39, 0.29) is 28.4 Å². The van der Waals surface area contributed by atoms with Crippen molar-refractivity contribution in [3.8, 4) is 0 Å². The molecule has 2 aromatic carbocycles. The van der Waals surface area contributed by atoms with Gasteiger partial charge in [0.25, 0.3) is 5.92 Å². The van der Waals surface area contributed by atoms with E-state index in [0.29, 0.717) is 0 Å². The second kappa shape index (κ2) is 7.90. The number of halogens is 5. The Morgan fingerprint density at radius 3 is 2.41 bits per heavy atom. The summed E-state index contributed by atoms with van der Waals surface area (Å²) in [6.45, 7) is -1.38. The van der Waals surface area contributed by atoms with Crippen molar-refractivity contribution in [1.29, 1.82) is 0 Å². The van der Waals surface area contributed by atoms with Crippen molar-refractivity contribution in [3.63, 3.8) is 0 Å². The molecule has 0 bridgehead atoms. The molecule has 0 radical (unpaired) electrons. The molecular formula is C19H15ClF4N2O3. The van der Waals surface area contributed by atoms with Gasteiger partial charge in [-0.2, -0.15) is 0 Å². The Morgan fingerprint density at radius 1 is 1.14 bits per heavy atom. The normalized spacial score (nSPS) is 15.4. The molecule has 154 valence electrons. The average Bonchev–Trinajstić information content (AvgIpc) is 3.02. The Balaban J connectivity index is 1.95. The van der Waals surface area contributed by atoms with Gasteiger partial charge in [-0.05, 0) is 30.3 Å². The van der Waals surface area contributed by atoms with Crippen molar-refractivity contribution in [1.82, 2.24) is 4.90 Å². The first-order valence-corrected chi connectivity index (χ1v) is 8.86. The minimum Gasteiger partial charge on any atom is -0.478 e. The summed E-state index contributed by atoms with van der Waals surface area (Å²) in [5, 5.41) is 8.64. The number of hydrogen-bond acceptors (Lipinski definition) is 2. The Labute approximate surface area is 168 Å². The van der Waals surface area contributed by atoms with E-state index in [2.05, 4.69) is 0 Å². The number of likely N-dealkylation sites (tertiary alicyclic amines) is 1. The van der Waals surface area contributed by atoms with E-state index in [1.165, 1.54) is 12.1 Å². The third kappa shape index (κ3) is 4.61. The van der Waals surface area contributed by atoms with Crippen LogP contribution in [0.15, 0.2) is 36.4 Å². The van der Waals surface area contributed by atoms with Crippen LogP contribution >= 0.6 is 11.6 Å². The summed E-state index contributed by atoms with van der Waals surface area (Å²) in [5.74, 6) is -5.99. The fraction of sp³-hybridized carbons (Fsp3) is 0.263. The third-order valence-corrected chi connectivity index (χ3v) is 4.80. The molecule has 0 atom stereocenters. The van der Waals surface area contributed by atoms with Gasteiger partial charge in [0, 0.05) is 24.2 Å². The third-order valence-electron chi connectivity index (χ3n) is 4.51. The number of benzene rings is 2.